The SMILES string of the molecule is CCC(=O)N[C@@H](c1ccccc1OC)c1nccn1C. The highest BCUT2D eigenvalue weighted by Gasteiger charge is 2.22. The molecule has 0 aliphatic heterocycles. The van der Waals surface area contributed by atoms with E-state index in [2.05, 4.69) is 10.3 Å². The van der Waals surface area contributed by atoms with Gasteiger partial charge >= 0.3 is 0 Å². The van der Waals surface area contributed by atoms with Crippen LogP contribution in [-0.4, -0.2) is 22.6 Å². The number of hydrogen-bond acceptors (Lipinski definition) is 3. The highest BCUT2D eigenvalue weighted by molar-refractivity contribution is 5.76. The zero-order valence-electron chi connectivity index (χ0n) is 12.0. The lowest BCUT2D eigenvalue weighted by Gasteiger charge is -2.20. The molecule has 1 atom stereocenters. The summed E-state index contributed by atoms with van der Waals surface area (Å²) < 4.78 is 7.29. The number of aromatic nitrogens is 2. The maximum atomic E-state index is 11.8. The third-order valence-corrected chi connectivity index (χ3v) is 3.19. The molecule has 0 aliphatic rings. The first kappa shape index (κ1) is 14.1. The van der Waals surface area contributed by atoms with Crippen molar-refractivity contribution in [1.29, 1.82) is 0 Å². The second-order valence-corrected chi connectivity index (χ2v) is 4.49. The standard InChI is InChI=1S/C15H19N3O2/c1-4-13(19)17-14(15-16-9-10-18(15)2)11-7-5-6-8-12(11)20-3/h5-10,14H,4H2,1-3H3,(H,17,19)/t14-/m0/s1. The van der Waals surface area contributed by atoms with Gasteiger partial charge in [0.15, 0.2) is 0 Å². The second kappa shape index (κ2) is 6.23. The van der Waals surface area contributed by atoms with E-state index in [0.717, 1.165) is 17.1 Å². The van der Waals surface area contributed by atoms with Gasteiger partial charge in [-0.25, -0.2) is 4.98 Å². The first-order valence-electron chi connectivity index (χ1n) is 6.56. The number of carbonyl (C=O) groups is 1. The highest BCUT2D eigenvalue weighted by atomic mass is 16.5. The van der Waals surface area contributed by atoms with Gasteiger partial charge in [0.2, 0.25) is 5.91 Å². The first-order chi connectivity index (χ1) is 9.67. The Morgan fingerprint density at radius 2 is 2.20 bits per heavy atom. The summed E-state index contributed by atoms with van der Waals surface area (Å²) in [5, 5.41) is 3.00. The molecule has 1 amide bonds. The van der Waals surface area contributed by atoms with Gasteiger partial charge < -0.3 is 14.6 Å². The van der Waals surface area contributed by atoms with Gasteiger partial charge in [-0.15, -0.1) is 0 Å². The monoisotopic (exact) mass is 273 g/mol. The van der Waals surface area contributed by atoms with Crippen LogP contribution in [0.2, 0.25) is 0 Å². The summed E-state index contributed by atoms with van der Waals surface area (Å²) in [6.07, 6.45) is 4.00. The Hall–Kier alpha value is -2.30. The predicted molar refractivity (Wildman–Crippen MR) is 76.5 cm³/mol. The Bertz CT molecular complexity index is 592. The van der Waals surface area contributed by atoms with Crippen molar-refractivity contribution in [2.45, 2.75) is 19.4 Å². The van der Waals surface area contributed by atoms with Crippen LogP contribution in [0.15, 0.2) is 36.7 Å². The van der Waals surface area contributed by atoms with Crippen LogP contribution in [0.4, 0.5) is 0 Å². The number of rotatable bonds is 5. The number of methoxy groups -OCH3 is 1. The topological polar surface area (TPSA) is 56.1 Å². The van der Waals surface area contributed by atoms with Crippen LogP contribution in [-0.2, 0) is 11.8 Å². The summed E-state index contributed by atoms with van der Waals surface area (Å²) in [6.45, 7) is 1.83. The van der Waals surface area contributed by atoms with Gasteiger partial charge in [-0.3, -0.25) is 4.79 Å². The summed E-state index contributed by atoms with van der Waals surface area (Å²) in [4.78, 5) is 16.2. The fraction of sp³-hybridized carbons (Fsp3) is 0.333. The Balaban J connectivity index is 2.46. The molecule has 1 heterocycles. The molecule has 2 rings (SSSR count). The van der Waals surface area contributed by atoms with Gasteiger partial charge in [-0.2, -0.15) is 0 Å². The van der Waals surface area contributed by atoms with Gasteiger partial charge in [0.05, 0.1) is 7.11 Å². The minimum Gasteiger partial charge on any atom is -0.496 e. The quantitative estimate of drug-likeness (QED) is 0.907. The maximum Gasteiger partial charge on any atom is 0.220 e. The van der Waals surface area contributed by atoms with Crippen molar-refractivity contribution in [3.05, 3.63) is 48.0 Å². The number of nitrogens with zero attached hydrogens (tertiary/aromatic N) is 2. The number of carbonyl (C=O) groups excluding carboxylic acids is 1. The van der Waals surface area contributed by atoms with E-state index < -0.39 is 0 Å². The first-order valence-corrected chi connectivity index (χ1v) is 6.56. The molecule has 106 valence electrons. The number of aryl methyl sites for hydroxylation is 1. The lowest BCUT2D eigenvalue weighted by atomic mass is 10.0. The molecule has 0 aliphatic carbocycles. The van der Waals surface area contributed by atoms with Crippen molar-refractivity contribution >= 4 is 5.91 Å². The molecule has 0 saturated carbocycles. The van der Waals surface area contributed by atoms with Crippen molar-refractivity contribution in [3.63, 3.8) is 0 Å². The van der Waals surface area contributed by atoms with Crippen LogP contribution in [0.1, 0.15) is 30.8 Å². The van der Waals surface area contributed by atoms with E-state index in [4.69, 9.17) is 4.74 Å². The van der Waals surface area contributed by atoms with Gasteiger partial charge in [-0.1, -0.05) is 25.1 Å². The number of ether oxygens (including phenoxy) is 1. The third-order valence-electron chi connectivity index (χ3n) is 3.19. The van der Waals surface area contributed by atoms with Gasteiger partial charge in [-0.05, 0) is 6.07 Å². The summed E-state index contributed by atoms with van der Waals surface area (Å²) in [6, 6.07) is 7.32. The van der Waals surface area contributed by atoms with E-state index in [-0.39, 0.29) is 11.9 Å². The number of para-hydroxylation sites is 1. The fourth-order valence-electron chi connectivity index (χ4n) is 2.10. The van der Waals surface area contributed by atoms with Crippen LogP contribution in [0.5, 0.6) is 5.75 Å². The molecule has 2 aromatic rings. The second-order valence-electron chi connectivity index (χ2n) is 4.49. The van der Waals surface area contributed by atoms with Crippen molar-refractivity contribution in [3.8, 4) is 5.75 Å². The Labute approximate surface area is 118 Å². The fourth-order valence-corrected chi connectivity index (χ4v) is 2.10. The van der Waals surface area contributed by atoms with Crippen molar-refractivity contribution in [2.24, 2.45) is 7.05 Å². The van der Waals surface area contributed by atoms with Gasteiger partial charge in [0.1, 0.15) is 17.6 Å². The summed E-state index contributed by atoms with van der Waals surface area (Å²) >= 11 is 0. The average Bonchev–Trinajstić information content (AvgIpc) is 2.90. The van der Waals surface area contributed by atoms with Crippen molar-refractivity contribution in [2.75, 3.05) is 7.11 Å². The minimum atomic E-state index is -0.321. The predicted octanol–water partition coefficient (Wildman–Crippen LogP) is 2.04. The van der Waals surface area contributed by atoms with E-state index in [0.29, 0.717) is 6.42 Å². The smallest absolute Gasteiger partial charge is 0.220 e. The van der Waals surface area contributed by atoms with Crippen LogP contribution in [0, 0.1) is 0 Å². The van der Waals surface area contributed by atoms with Crippen LogP contribution in [0.25, 0.3) is 0 Å². The van der Waals surface area contributed by atoms with Crippen LogP contribution in [0.3, 0.4) is 0 Å². The van der Waals surface area contributed by atoms with Crippen LogP contribution < -0.4 is 10.1 Å². The Kier molecular flexibility index (Phi) is 4.40. The largest absolute Gasteiger partial charge is 0.496 e. The highest BCUT2D eigenvalue weighted by Crippen LogP contribution is 2.28. The summed E-state index contributed by atoms with van der Waals surface area (Å²) in [7, 11) is 3.53. The molecule has 0 bridgehead atoms. The number of imidazole rings is 1. The normalized spacial score (nSPS) is 11.9. The summed E-state index contributed by atoms with van der Waals surface area (Å²) in [5.41, 5.74) is 0.895. The number of nitrogens with one attached hydrogen (secondary N) is 1. The Morgan fingerprint density at radius 3 is 2.80 bits per heavy atom. The molecular weight excluding hydrogens is 254 g/mol. The van der Waals surface area contributed by atoms with E-state index in [1.807, 2.05) is 49.0 Å². The molecule has 0 fully saturated rings. The third kappa shape index (κ3) is 2.82. The molecule has 5 heteroatoms. The molecule has 0 radical (unpaired) electrons. The molecule has 0 spiro atoms. The molecule has 1 aromatic carbocycles. The molecule has 1 aromatic heterocycles. The molecule has 20 heavy (non-hydrogen) atoms. The number of hydrogen-bond donors (Lipinski definition) is 1. The zero-order valence-corrected chi connectivity index (χ0v) is 12.0. The van der Waals surface area contributed by atoms with E-state index in [9.17, 15) is 4.79 Å². The van der Waals surface area contributed by atoms with E-state index >= 15 is 0 Å². The lowest BCUT2D eigenvalue weighted by Crippen LogP contribution is -2.30. The lowest BCUT2D eigenvalue weighted by molar-refractivity contribution is -0.121. The van der Waals surface area contributed by atoms with Crippen LogP contribution >= 0.6 is 0 Å². The molecular formula is C15H19N3O2. The van der Waals surface area contributed by atoms with Crippen molar-refractivity contribution in [1.82, 2.24) is 14.9 Å². The molecule has 0 unspecified atom stereocenters. The van der Waals surface area contributed by atoms with Gasteiger partial charge in [0, 0.05) is 31.4 Å². The summed E-state index contributed by atoms with van der Waals surface area (Å²) in [5.74, 6) is 1.48. The van der Waals surface area contributed by atoms with E-state index in [1.54, 1.807) is 13.3 Å². The molecule has 5 nitrogen and oxygen atoms in total. The maximum absolute atomic E-state index is 11.8. The Morgan fingerprint density at radius 1 is 1.45 bits per heavy atom. The molecule has 1 N–H and O–H groups in total. The van der Waals surface area contributed by atoms with E-state index in [1.165, 1.54) is 0 Å². The van der Waals surface area contributed by atoms with Gasteiger partial charge in [0.25, 0.3) is 0 Å². The molecule has 0 saturated heterocycles. The zero-order chi connectivity index (χ0) is 14.5. The number of benzene rings is 1. The number of amides is 1. The average molecular weight is 273 g/mol. The van der Waals surface area contributed by atoms with Crippen molar-refractivity contribution < 1.29 is 9.53 Å². The minimum absolute atomic E-state index is 0.0242.